The minimum atomic E-state index is -0.127. The Morgan fingerprint density at radius 3 is 2.21 bits per heavy atom. The average molecular weight is 730 g/mol. The third-order valence-corrected chi connectivity index (χ3v) is 14.3. The molecular weight excluding hydrogens is 677 g/mol. The molecule has 0 spiro atoms. The lowest BCUT2D eigenvalue weighted by molar-refractivity contribution is 0.838. The van der Waals surface area contributed by atoms with E-state index in [4.69, 9.17) is 0 Å². The molecule has 2 atom stereocenters. The van der Waals surface area contributed by atoms with Crippen LogP contribution in [0.25, 0.3) is 43.4 Å². The Balaban J connectivity index is 1.04. The van der Waals surface area contributed by atoms with Gasteiger partial charge in [0, 0.05) is 6.29 Å². The molecule has 7 rings (SSSR count). The number of rotatable bonds is 11. The van der Waals surface area contributed by atoms with Crippen molar-refractivity contribution in [2.24, 2.45) is 0 Å². The zero-order chi connectivity index (χ0) is 36.2. The Labute approximate surface area is 320 Å². The van der Waals surface area contributed by atoms with Gasteiger partial charge >= 0.3 is 0 Å². The first-order valence-corrected chi connectivity index (χ1v) is 22.8. The number of aryl methyl sites for hydroxylation is 1. The summed E-state index contributed by atoms with van der Waals surface area (Å²) in [5.74, 6) is 0. The first-order valence-electron chi connectivity index (χ1n) is 19.5. The lowest BCUT2D eigenvalue weighted by Crippen LogP contribution is -2.17. The molecule has 1 aliphatic rings. The number of fused-ring (bicyclic) bond motifs is 5. The van der Waals surface area contributed by atoms with Gasteiger partial charge in [0.1, 0.15) is 0 Å². The van der Waals surface area contributed by atoms with Crippen LogP contribution in [0.2, 0.25) is 0 Å². The van der Waals surface area contributed by atoms with Gasteiger partial charge < -0.3 is 5.32 Å². The van der Waals surface area contributed by atoms with E-state index in [-0.39, 0.29) is 7.92 Å². The predicted octanol–water partition coefficient (Wildman–Crippen LogP) is 13.9. The first kappa shape index (κ1) is 37.2. The molecule has 0 aliphatic carbocycles. The second kappa shape index (κ2) is 18.8. The van der Waals surface area contributed by atoms with Gasteiger partial charge in [-0.05, 0) is 135 Å². The maximum Gasteiger partial charge on any atom is 0.0130 e. The SMILES string of the molecule is CC\C=C/C=C\C1=C\Cc2c(ccc3ccccc23)CP(CCNCPCc2ccc3ccccc3c2-c2c(C)ccc3ccccc23)CC/C=C\C1. The summed E-state index contributed by atoms with van der Waals surface area (Å²) in [6.45, 7) is 5.56. The number of nitrogens with one attached hydrogen (secondary N) is 1. The van der Waals surface area contributed by atoms with Crippen LogP contribution in [-0.2, 0) is 18.7 Å². The van der Waals surface area contributed by atoms with Crippen molar-refractivity contribution < 1.29 is 0 Å². The van der Waals surface area contributed by atoms with Gasteiger partial charge in [0.05, 0.1) is 0 Å². The normalized spacial score (nSPS) is 17.4. The Morgan fingerprint density at radius 1 is 0.717 bits per heavy atom. The van der Waals surface area contributed by atoms with E-state index >= 15 is 0 Å². The van der Waals surface area contributed by atoms with Gasteiger partial charge in [-0.25, -0.2) is 0 Å². The van der Waals surface area contributed by atoms with Crippen LogP contribution in [0.15, 0.2) is 157 Å². The molecule has 1 aliphatic heterocycles. The van der Waals surface area contributed by atoms with Crippen LogP contribution in [0.3, 0.4) is 0 Å². The van der Waals surface area contributed by atoms with Crippen LogP contribution < -0.4 is 5.32 Å². The van der Waals surface area contributed by atoms with E-state index in [1.54, 1.807) is 5.56 Å². The summed E-state index contributed by atoms with van der Waals surface area (Å²) < 4.78 is 0. The fraction of sp³-hybridized carbons (Fsp3) is 0.240. The van der Waals surface area contributed by atoms with Crippen LogP contribution in [0.1, 0.15) is 48.4 Å². The summed E-state index contributed by atoms with van der Waals surface area (Å²) in [6, 6.07) is 40.9. The Hall–Kier alpha value is -4.12. The Kier molecular flexibility index (Phi) is 13.2. The van der Waals surface area contributed by atoms with E-state index in [0.29, 0.717) is 0 Å². The molecule has 6 aromatic rings. The van der Waals surface area contributed by atoms with Crippen molar-refractivity contribution in [3.8, 4) is 11.1 Å². The quantitative estimate of drug-likeness (QED) is 0.0606. The second-order valence-corrected chi connectivity index (χ2v) is 18.0. The second-order valence-electron chi connectivity index (χ2n) is 14.2. The van der Waals surface area contributed by atoms with E-state index < -0.39 is 0 Å². The minimum Gasteiger partial charge on any atom is -0.313 e. The van der Waals surface area contributed by atoms with Crippen molar-refractivity contribution in [3.05, 3.63) is 180 Å². The summed E-state index contributed by atoms with van der Waals surface area (Å²) in [5, 5.41) is 12.0. The van der Waals surface area contributed by atoms with Gasteiger partial charge in [0.25, 0.3) is 0 Å². The molecule has 6 aromatic carbocycles. The van der Waals surface area contributed by atoms with Crippen LogP contribution in [0, 0.1) is 6.92 Å². The molecule has 2 unspecified atom stereocenters. The van der Waals surface area contributed by atoms with Crippen molar-refractivity contribution in [2.45, 2.75) is 51.9 Å². The van der Waals surface area contributed by atoms with Gasteiger partial charge in [-0.1, -0.05) is 159 Å². The molecule has 0 amide bonds. The van der Waals surface area contributed by atoms with Crippen LogP contribution in [0.5, 0.6) is 0 Å². The predicted molar refractivity (Wildman–Crippen MR) is 240 cm³/mol. The minimum absolute atomic E-state index is 0.127. The molecule has 0 fully saturated rings. The highest BCUT2D eigenvalue weighted by Gasteiger charge is 2.16. The maximum absolute atomic E-state index is 3.90. The van der Waals surface area contributed by atoms with Crippen LogP contribution >= 0.6 is 16.5 Å². The van der Waals surface area contributed by atoms with Gasteiger partial charge in [-0.15, -0.1) is 16.5 Å². The van der Waals surface area contributed by atoms with E-state index in [2.05, 4.69) is 171 Å². The van der Waals surface area contributed by atoms with Gasteiger partial charge in [0.15, 0.2) is 0 Å². The topological polar surface area (TPSA) is 12.0 Å². The zero-order valence-corrected chi connectivity index (χ0v) is 33.3. The maximum atomic E-state index is 3.90. The number of benzene rings is 6. The highest BCUT2D eigenvalue weighted by atomic mass is 31.1. The van der Waals surface area contributed by atoms with Crippen molar-refractivity contribution >= 4 is 48.8 Å². The van der Waals surface area contributed by atoms with E-state index in [9.17, 15) is 0 Å². The first-order chi connectivity index (χ1) is 26.2. The number of hydrogen-bond donors (Lipinski definition) is 1. The Bertz CT molecular complexity index is 2290. The third-order valence-electron chi connectivity index (χ3n) is 10.6. The molecule has 1 heterocycles. The van der Waals surface area contributed by atoms with Crippen LogP contribution in [-0.4, -0.2) is 25.2 Å². The molecule has 0 saturated carbocycles. The summed E-state index contributed by atoms with van der Waals surface area (Å²) in [5.41, 5.74) is 10.1. The molecule has 0 aromatic heterocycles. The van der Waals surface area contributed by atoms with Crippen molar-refractivity contribution in [1.29, 1.82) is 0 Å². The third kappa shape index (κ3) is 9.34. The summed E-state index contributed by atoms with van der Waals surface area (Å²) in [7, 11) is 0.707. The summed E-state index contributed by atoms with van der Waals surface area (Å²) in [6.07, 6.45) is 26.4. The fourth-order valence-electron chi connectivity index (χ4n) is 7.80. The molecule has 0 saturated heterocycles. The molecule has 1 N–H and O–H groups in total. The molecular formula is C50H53NP2. The molecule has 0 bridgehead atoms. The number of hydrogen-bond acceptors (Lipinski definition) is 1. The standard InChI is InChI=1S/C50H53NP2/c1-3-4-5-7-16-39-17-8-6-15-33-53(36-44-30-28-40-18-9-12-21-45(40)46(44)31-25-39)34-32-51-37-52-35-43-29-27-42-20-11-14-23-48(42)50(43)49-38(2)24-26-41-19-10-13-22-47(41)49/h4-14,16,18-30,51-52H,3,15,17,31-37H2,1-2H3/b5-4-,8-6-,16-7-,39-25-. The van der Waals surface area contributed by atoms with E-state index in [1.807, 2.05) is 0 Å². The molecule has 53 heavy (non-hydrogen) atoms. The van der Waals surface area contributed by atoms with Crippen molar-refractivity contribution in [1.82, 2.24) is 5.32 Å². The van der Waals surface area contributed by atoms with Crippen LogP contribution in [0.4, 0.5) is 0 Å². The summed E-state index contributed by atoms with van der Waals surface area (Å²) >= 11 is 0. The van der Waals surface area contributed by atoms with Crippen molar-refractivity contribution in [3.63, 3.8) is 0 Å². The van der Waals surface area contributed by atoms with Gasteiger partial charge in [0.2, 0.25) is 0 Å². The lowest BCUT2D eigenvalue weighted by Gasteiger charge is -2.21. The monoisotopic (exact) mass is 729 g/mol. The van der Waals surface area contributed by atoms with Crippen molar-refractivity contribution in [2.75, 3.05) is 25.2 Å². The zero-order valence-electron chi connectivity index (χ0n) is 31.5. The smallest absolute Gasteiger partial charge is 0.0130 e. The average Bonchev–Trinajstić information content (AvgIpc) is 3.19. The fourth-order valence-corrected chi connectivity index (χ4v) is 11.2. The van der Waals surface area contributed by atoms with E-state index in [1.165, 1.54) is 90.6 Å². The Morgan fingerprint density at radius 2 is 1.42 bits per heavy atom. The highest BCUT2D eigenvalue weighted by Crippen LogP contribution is 2.43. The molecule has 0 radical (unpaired) electrons. The summed E-state index contributed by atoms with van der Waals surface area (Å²) in [4.78, 5) is 0. The van der Waals surface area contributed by atoms with Gasteiger partial charge in [-0.2, -0.15) is 0 Å². The number of allylic oxidation sites excluding steroid dienone is 8. The molecule has 1 nitrogen and oxygen atoms in total. The molecule has 268 valence electrons. The molecule has 3 heteroatoms. The lowest BCUT2D eigenvalue weighted by atomic mass is 9.88. The largest absolute Gasteiger partial charge is 0.313 e. The van der Waals surface area contributed by atoms with E-state index in [0.717, 1.165) is 46.8 Å². The van der Waals surface area contributed by atoms with Gasteiger partial charge in [-0.3, -0.25) is 0 Å². The highest BCUT2D eigenvalue weighted by molar-refractivity contribution is 7.56.